The lowest BCUT2D eigenvalue weighted by atomic mass is 10.1. The molecule has 0 fully saturated rings. The molecular weight excluding hydrogens is 363 g/mol. The van der Waals surface area contributed by atoms with Crippen LogP contribution < -0.4 is 15.4 Å². The number of para-hydroxylation sites is 1. The molecule has 5 nitrogen and oxygen atoms in total. The van der Waals surface area contributed by atoms with Crippen molar-refractivity contribution in [2.75, 3.05) is 18.5 Å². The second-order valence-corrected chi connectivity index (χ2v) is 6.06. The van der Waals surface area contributed by atoms with Crippen molar-refractivity contribution in [3.63, 3.8) is 0 Å². The van der Waals surface area contributed by atoms with E-state index in [9.17, 15) is 9.59 Å². The Kier molecular flexibility index (Phi) is 7.10. The number of nitrogens with one attached hydrogen (secondary N) is 2. The van der Waals surface area contributed by atoms with Crippen LogP contribution in [0, 0.1) is 0 Å². The minimum absolute atomic E-state index is 0.237. The standard InChI is InChI=1S/C18H18Cl2N2O3/c1-2-9-21-18(24)13-5-3-4-6-15(13)22-17(23)11-25-16-8-7-12(19)10-14(16)20/h3-8,10H,2,9,11H2,1H3,(H,21,24)(H,22,23). The van der Waals surface area contributed by atoms with Crippen molar-refractivity contribution in [3.8, 4) is 5.75 Å². The zero-order valence-corrected chi connectivity index (χ0v) is 15.2. The molecule has 0 spiro atoms. The van der Waals surface area contributed by atoms with Gasteiger partial charge in [0.15, 0.2) is 6.61 Å². The molecule has 2 aromatic carbocycles. The lowest BCUT2D eigenvalue weighted by Gasteiger charge is -2.12. The lowest BCUT2D eigenvalue weighted by molar-refractivity contribution is -0.118. The smallest absolute Gasteiger partial charge is 0.262 e. The number of anilines is 1. The Labute approximate surface area is 156 Å². The Bertz CT molecular complexity index is 766. The maximum absolute atomic E-state index is 12.1. The summed E-state index contributed by atoms with van der Waals surface area (Å²) in [5.41, 5.74) is 0.820. The number of carbonyl (C=O) groups excluding carboxylic acids is 2. The first kappa shape index (κ1) is 19.1. The third-order valence-corrected chi connectivity index (χ3v) is 3.76. The van der Waals surface area contributed by atoms with Crippen LogP contribution in [0.15, 0.2) is 42.5 Å². The highest BCUT2D eigenvalue weighted by Crippen LogP contribution is 2.27. The van der Waals surface area contributed by atoms with Crippen molar-refractivity contribution < 1.29 is 14.3 Å². The molecule has 0 heterocycles. The first-order chi connectivity index (χ1) is 12.0. The van der Waals surface area contributed by atoms with Crippen molar-refractivity contribution in [2.24, 2.45) is 0 Å². The Balaban J connectivity index is 1.99. The summed E-state index contributed by atoms with van der Waals surface area (Å²) in [4.78, 5) is 24.3. The maximum Gasteiger partial charge on any atom is 0.262 e. The van der Waals surface area contributed by atoms with Crippen LogP contribution in [0.2, 0.25) is 10.0 Å². The molecule has 0 saturated heterocycles. The Morgan fingerprint density at radius 3 is 2.60 bits per heavy atom. The predicted octanol–water partition coefficient (Wildman–Crippen LogP) is 4.15. The van der Waals surface area contributed by atoms with E-state index < -0.39 is 5.91 Å². The second-order valence-electron chi connectivity index (χ2n) is 5.21. The summed E-state index contributed by atoms with van der Waals surface area (Å²) >= 11 is 11.8. The van der Waals surface area contributed by atoms with E-state index in [1.165, 1.54) is 6.07 Å². The Morgan fingerprint density at radius 2 is 1.88 bits per heavy atom. The molecule has 0 aromatic heterocycles. The third kappa shape index (κ3) is 5.66. The monoisotopic (exact) mass is 380 g/mol. The number of halogens is 2. The molecule has 0 aliphatic carbocycles. The third-order valence-electron chi connectivity index (χ3n) is 3.23. The minimum Gasteiger partial charge on any atom is -0.482 e. The quantitative estimate of drug-likeness (QED) is 0.757. The normalized spacial score (nSPS) is 10.2. The molecule has 2 aromatic rings. The van der Waals surface area contributed by atoms with Crippen molar-refractivity contribution in [3.05, 3.63) is 58.1 Å². The molecule has 2 rings (SSSR count). The second kappa shape index (κ2) is 9.30. The lowest BCUT2D eigenvalue weighted by Crippen LogP contribution is -2.27. The molecule has 0 radical (unpaired) electrons. The summed E-state index contributed by atoms with van der Waals surface area (Å²) in [7, 11) is 0. The SMILES string of the molecule is CCCNC(=O)c1ccccc1NC(=O)COc1ccc(Cl)cc1Cl. The molecule has 0 aliphatic rings. The average molecular weight is 381 g/mol. The van der Waals surface area contributed by atoms with Gasteiger partial charge >= 0.3 is 0 Å². The molecule has 0 saturated carbocycles. The molecule has 7 heteroatoms. The number of hydrogen-bond acceptors (Lipinski definition) is 3. The number of benzene rings is 2. The average Bonchev–Trinajstić information content (AvgIpc) is 2.59. The number of amides is 2. The van der Waals surface area contributed by atoms with Crippen molar-refractivity contribution in [2.45, 2.75) is 13.3 Å². The van der Waals surface area contributed by atoms with Gasteiger partial charge in [0.1, 0.15) is 5.75 Å². The van der Waals surface area contributed by atoms with Gasteiger partial charge in [0.05, 0.1) is 16.3 Å². The van der Waals surface area contributed by atoms with Crippen LogP contribution in [0.5, 0.6) is 5.75 Å². The molecule has 0 unspecified atom stereocenters. The van der Waals surface area contributed by atoms with E-state index >= 15 is 0 Å². The highest BCUT2D eigenvalue weighted by molar-refractivity contribution is 6.35. The largest absolute Gasteiger partial charge is 0.482 e. The summed E-state index contributed by atoms with van der Waals surface area (Å²) in [6.45, 7) is 2.29. The van der Waals surface area contributed by atoms with Crippen LogP contribution in [-0.4, -0.2) is 25.0 Å². The van der Waals surface area contributed by atoms with Crippen LogP contribution in [0.25, 0.3) is 0 Å². The number of rotatable bonds is 7. The zero-order valence-electron chi connectivity index (χ0n) is 13.6. The highest BCUT2D eigenvalue weighted by atomic mass is 35.5. The van der Waals surface area contributed by atoms with Gasteiger partial charge in [0, 0.05) is 11.6 Å². The van der Waals surface area contributed by atoms with E-state index in [1.54, 1.807) is 36.4 Å². The van der Waals surface area contributed by atoms with E-state index in [1.807, 2.05) is 6.92 Å². The Morgan fingerprint density at radius 1 is 1.12 bits per heavy atom. The molecule has 2 amide bonds. The summed E-state index contributed by atoms with van der Waals surface area (Å²) in [5, 5.41) is 6.26. The van der Waals surface area contributed by atoms with E-state index in [-0.39, 0.29) is 12.5 Å². The van der Waals surface area contributed by atoms with Gasteiger partial charge in [0.2, 0.25) is 0 Å². The van der Waals surface area contributed by atoms with Crippen LogP contribution in [0.1, 0.15) is 23.7 Å². The van der Waals surface area contributed by atoms with Crippen molar-refractivity contribution >= 4 is 40.7 Å². The van der Waals surface area contributed by atoms with Gasteiger partial charge in [0.25, 0.3) is 11.8 Å². The molecule has 25 heavy (non-hydrogen) atoms. The van der Waals surface area contributed by atoms with Crippen molar-refractivity contribution in [1.82, 2.24) is 5.32 Å². The maximum atomic E-state index is 12.1. The first-order valence-corrected chi connectivity index (χ1v) is 8.51. The van der Waals surface area contributed by atoms with E-state index in [4.69, 9.17) is 27.9 Å². The molecular formula is C18H18Cl2N2O3. The number of hydrogen-bond donors (Lipinski definition) is 2. The van der Waals surface area contributed by atoms with Crippen molar-refractivity contribution in [1.29, 1.82) is 0 Å². The summed E-state index contributed by atoms with van der Waals surface area (Å²) in [6, 6.07) is 11.5. The van der Waals surface area contributed by atoms with Gasteiger partial charge in [-0.05, 0) is 36.8 Å². The molecule has 2 N–H and O–H groups in total. The summed E-state index contributed by atoms with van der Waals surface area (Å²) in [6.07, 6.45) is 0.829. The fourth-order valence-corrected chi connectivity index (χ4v) is 2.51. The minimum atomic E-state index is -0.401. The predicted molar refractivity (Wildman–Crippen MR) is 99.7 cm³/mol. The first-order valence-electron chi connectivity index (χ1n) is 7.76. The van der Waals surface area contributed by atoms with Gasteiger partial charge in [-0.15, -0.1) is 0 Å². The van der Waals surface area contributed by atoms with E-state index in [0.717, 1.165) is 6.42 Å². The summed E-state index contributed by atoms with van der Waals surface area (Å²) in [5.74, 6) is -0.281. The van der Waals surface area contributed by atoms with E-state index in [0.29, 0.717) is 33.6 Å². The van der Waals surface area contributed by atoms with Crippen LogP contribution >= 0.6 is 23.2 Å². The number of ether oxygens (including phenoxy) is 1. The van der Waals surface area contributed by atoms with Crippen LogP contribution in [-0.2, 0) is 4.79 Å². The van der Waals surface area contributed by atoms with E-state index in [2.05, 4.69) is 10.6 Å². The topological polar surface area (TPSA) is 67.4 Å². The molecule has 0 atom stereocenters. The Hall–Kier alpha value is -2.24. The molecule has 0 aliphatic heterocycles. The van der Waals surface area contributed by atoms with Gasteiger partial charge in [-0.1, -0.05) is 42.3 Å². The summed E-state index contributed by atoms with van der Waals surface area (Å²) < 4.78 is 5.39. The molecule has 0 bridgehead atoms. The fourth-order valence-electron chi connectivity index (χ4n) is 2.05. The fraction of sp³-hybridized carbons (Fsp3) is 0.222. The van der Waals surface area contributed by atoms with Crippen LogP contribution in [0.3, 0.4) is 0 Å². The van der Waals surface area contributed by atoms with Gasteiger partial charge in [-0.3, -0.25) is 9.59 Å². The zero-order chi connectivity index (χ0) is 18.2. The highest BCUT2D eigenvalue weighted by Gasteiger charge is 2.13. The van der Waals surface area contributed by atoms with Gasteiger partial charge in [-0.2, -0.15) is 0 Å². The number of carbonyl (C=O) groups is 2. The van der Waals surface area contributed by atoms with Gasteiger partial charge < -0.3 is 15.4 Å². The van der Waals surface area contributed by atoms with Gasteiger partial charge in [-0.25, -0.2) is 0 Å². The molecule has 132 valence electrons. The van der Waals surface area contributed by atoms with Crippen LogP contribution in [0.4, 0.5) is 5.69 Å².